The third-order valence-electron chi connectivity index (χ3n) is 5.76. The first-order chi connectivity index (χ1) is 14.3. The molecule has 0 aliphatic carbocycles. The number of ether oxygens (including phenoxy) is 1. The summed E-state index contributed by atoms with van der Waals surface area (Å²) in [5.41, 5.74) is 4.32. The van der Waals surface area contributed by atoms with Gasteiger partial charge in [-0.3, -0.25) is 0 Å². The smallest absolute Gasteiger partial charge is 0.216 e. The summed E-state index contributed by atoms with van der Waals surface area (Å²) in [4.78, 5) is 12.0. The minimum Gasteiger partial charge on any atom is -0.378 e. The molecule has 0 unspecified atom stereocenters. The van der Waals surface area contributed by atoms with E-state index >= 15 is 0 Å². The molecule has 30 heavy (non-hydrogen) atoms. The van der Waals surface area contributed by atoms with Crippen molar-refractivity contribution in [2.45, 2.75) is 45.4 Å². The van der Waals surface area contributed by atoms with Crippen molar-refractivity contribution < 1.29 is 13.2 Å². The van der Waals surface area contributed by atoms with Crippen molar-refractivity contribution in [1.82, 2.24) is 14.3 Å². The Hall–Kier alpha value is -2.03. The SMILES string of the molecule is Cc1cccc(Cc2nc3c(c(N4CCOCC4)n2)CN(S(=O)(=O)C(C)C)CC3)c1. The number of sulfonamides is 1. The highest BCUT2D eigenvalue weighted by Crippen LogP contribution is 2.30. The van der Waals surface area contributed by atoms with Crippen LogP contribution in [0.3, 0.4) is 0 Å². The van der Waals surface area contributed by atoms with Crippen molar-refractivity contribution in [3.63, 3.8) is 0 Å². The standard InChI is InChI=1S/C22H30N4O3S/c1-16(2)30(27,28)26-8-7-20-19(15-26)22(25-9-11-29-12-10-25)24-21(23-20)14-18-6-4-5-17(3)13-18/h4-6,13,16H,7-12,14-15H2,1-3H3. The third kappa shape index (κ3) is 4.36. The van der Waals surface area contributed by atoms with E-state index in [9.17, 15) is 8.42 Å². The van der Waals surface area contributed by atoms with Crippen molar-refractivity contribution in [3.8, 4) is 0 Å². The second kappa shape index (κ2) is 8.61. The van der Waals surface area contributed by atoms with E-state index < -0.39 is 15.3 Å². The van der Waals surface area contributed by atoms with Crippen LogP contribution in [0.1, 0.15) is 42.1 Å². The van der Waals surface area contributed by atoms with Crippen molar-refractivity contribution in [2.24, 2.45) is 0 Å². The van der Waals surface area contributed by atoms with Crippen LogP contribution in [0, 0.1) is 6.92 Å². The maximum absolute atomic E-state index is 12.8. The number of aryl methyl sites for hydroxylation is 1. The molecule has 3 heterocycles. The topological polar surface area (TPSA) is 75.6 Å². The molecular weight excluding hydrogens is 400 g/mol. The van der Waals surface area contributed by atoms with E-state index in [4.69, 9.17) is 14.7 Å². The summed E-state index contributed by atoms with van der Waals surface area (Å²) in [6.45, 7) is 9.17. The number of anilines is 1. The summed E-state index contributed by atoms with van der Waals surface area (Å²) in [5, 5.41) is -0.438. The van der Waals surface area contributed by atoms with E-state index in [2.05, 4.69) is 36.1 Å². The van der Waals surface area contributed by atoms with Gasteiger partial charge in [0.1, 0.15) is 11.6 Å². The number of hydrogen-bond donors (Lipinski definition) is 0. The van der Waals surface area contributed by atoms with Crippen molar-refractivity contribution >= 4 is 15.8 Å². The monoisotopic (exact) mass is 430 g/mol. The van der Waals surface area contributed by atoms with Gasteiger partial charge in [-0.15, -0.1) is 0 Å². The van der Waals surface area contributed by atoms with Gasteiger partial charge in [0.15, 0.2) is 0 Å². The average Bonchev–Trinajstić information content (AvgIpc) is 2.73. The second-order valence-electron chi connectivity index (χ2n) is 8.33. The molecule has 0 atom stereocenters. The lowest BCUT2D eigenvalue weighted by Gasteiger charge is -2.34. The number of aromatic nitrogens is 2. The van der Waals surface area contributed by atoms with E-state index in [-0.39, 0.29) is 0 Å². The van der Waals surface area contributed by atoms with Crippen LogP contribution in [0.2, 0.25) is 0 Å². The molecule has 7 nitrogen and oxygen atoms in total. The molecule has 2 aliphatic rings. The van der Waals surface area contributed by atoms with Gasteiger partial charge in [0, 0.05) is 44.6 Å². The van der Waals surface area contributed by atoms with Gasteiger partial charge in [-0.25, -0.2) is 18.4 Å². The van der Waals surface area contributed by atoms with Crippen LogP contribution in [0.15, 0.2) is 24.3 Å². The van der Waals surface area contributed by atoms with Crippen LogP contribution in [-0.4, -0.2) is 60.8 Å². The fourth-order valence-corrected chi connectivity index (χ4v) is 5.31. The maximum atomic E-state index is 12.8. The quantitative estimate of drug-likeness (QED) is 0.725. The Morgan fingerprint density at radius 1 is 1.13 bits per heavy atom. The van der Waals surface area contributed by atoms with Gasteiger partial charge in [-0.1, -0.05) is 29.8 Å². The Balaban J connectivity index is 1.71. The number of morpholine rings is 1. The lowest BCUT2D eigenvalue weighted by atomic mass is 10.1. The molecule has 0 saturated carbocycles. The van der Waals surface area contributed by atoms with Gasteiger partial charge in [-0.2, -0.15) is 4.31 Å². The summed E-state index contributed by atoms with van der Waals surface area (Å²) < 4.78 is 32.7. The van der Waals surface area contributed by atoms with E-state index in [1.165, 1.54) is 11.1 Å². The predicted molar refractivity (Wildman–Crippen MR) is 117 cm³/mol. The van der Waals surface area contributed by atoms with Crippen molar-refractivity contribution in [2.75, 3.05) is 37.7 Å². The zero-order valence-electron chi connectivity index (χ0n) is 18.0. The van der Waals surface area contributed by atoms with Gasteiger partial charge in [0.2, 0.25) is 10.0 Å². The lowest BCUT2D eigenvalue weighted by Crippen LogP contribution is -2.43. The zero-order chi connectivity index (χ0) is 21.3. The van der Waals surface area contributed by atoms with E-state index in [0.29, 0.717) is 39.1 Å². The molecule has 4 rings (SSSR count). The van der Waals surface area contributed by atoms with Crippen LogP contribution < -0.4 is 4.90 Å². The highest BCUT2D eigenvalue weighted by Gasteiger charge is 2.33. The molecule has 1 saturated heterocycles. The van der Waals surface area contributed by atoms with Gasteiger partial charge < -0.3 is 9.64 Å². The molecule has 8 heteroatoms. The van der Waals surface area contributed by atoms with Crippen LogP contribution >= 0.6 is 0 Å². The Morgan fingerprint density at radius 3 is 2.60 bits per heavy atom. The molecule has 1 aromatic carbocycles. The second-order valence-corrected chi connectivity index (χ2v) is 10.8. The number of hydrogen-bond acceptors (Lipinski definition) is 6. The number of benzene rings is 1. The summed E-state index contributed by atoms with van der Waals surface area (Å²) in [6.07, 6.45) is 1.28. The molecule has 1 fully saturated rings. The highest BCUT2D eigenvalue weighted by atomic mass is 32.2. The Morgan fingerprint density at radius 2 is 1.90 bits per heavy atom. The first kappa shape index (κ1) is 21.2. The molecule has 0 radical (unpaired) electrons. The van der Waals surface area contributed by atoms with Gasteiger partial charge in [-0.05, 0) is 26.3 Å². The predicted octanol–water partition coefficient (Wildman–Crippen LogP) is 2.31. The molecule has 162 valence electrons. The van der Waals surface area contributed by atoms with Gasteiger partial charge in [0.25, 0.3) is 0 Å². The average molecular weight is 431 g/mol. The fourth-order valence-electron chi connectivity index (χ4n) is 4.06. The molecule has 2 aromatic rings. The minimum absolute atomic E-state index is 0.341. The fraction of sp³-hybridized carbons (Fsp3) is 0.545. The maximum Gasteiger partial charge on any atom is 0.216 e. The summed E-state index contributed by atoms with van der Waals surface area (Å²) in [5.74, 6) is 1.66. The summed E-state index contributed by atoms with van der Waals surface area (Å²) in [7, 11) is -3.32. The first-order valence-electron chi connectivity index (χ1n) is 10.6. The normalized spacial score (nSPS) is 17.9. The summed E-state index contributed by atoms with van der Waals surface area (Å²) in [6, 6.07) is 8.40. The Labute approximate surface area is 179 Å². The summed E-state index contributed by atoms with van der Waals surface area (Å²) >= 11 is 0. The third-order valence-corrected chi connectivity index (χ3v) is 7.98. The molecule has 0 N–H and O–H groups in total. The molecule has 2 aliphatic heterocycles. The van der Waals surface area contributed by atoms with Gasteiger partial charge in [0.05, 0.1) is 24.2 Å². The number of nitrogens with zero attached hydrogens (tertiary/aromatic N) is 4. The van der Waals surface area contributed by atoms with E-state index in [1.54, 1.807) is 18.2 Å². The first-order valence-corrected chi connectivity index (χ1v) is 12.1. The van der Waals surface area contributed by atoms with Crippen LogP contribution in [0.5, 0.6) is 0 Å². The van der Waals surface area contributed by atoms with Crippen molar-refractivity contribution in [3.05, 3.63) is 52.5 Å². The molecule has 0 bridgehead atoms. The van der Waals surface area contributed by atoms with E-state index in [1.807, 2.05) is 0 Å². The lowest BCUT2D eigenvalue weighted by molar-refractivity contribution is 0.122. The zero-order valence-corrected chi connectivity index (χ0v) is 18.8. The molecule has 1 aromatic heterocycles. The largest absolute Gasteiger partial charge is 0.378 e. The molecule has 0 spiro atoms. The van der Waals surface area contributed by atoms with Crippen molar-refractivity contribution in [1.29, 1.82) is 0 Å². The van der Waals surface area contributed by atoms with E-state index in [0.717, 1.165) is 36.0 Å². The number of rotatable bonds is 5. The molecular formula is C22H30N4O3S. The number of fused-ring (bicyclic) bond motifs is 1. The van der Waals surface area contributed by atoms with Crippen LogP contribution in [0.25, 0.3) is 0 Å². The Kier molecular flexibility index (Phi) is 6.09. The minimum atomic E-state index is -3.32. The Bertz CT molecular complexity index is 1020. The molecule has 0 amide bonds. The highest BCUT2D eigenvalue weighted by molar-refractivity contribution is 7.89. The van der Waals surface area contributed by atoms with Crippen LogP contribution in [-0.2, 0) is 34.1 Å². The van der Waals surface area contributed by atoms with Gasteiger partial charge >= 0.3 is 0 Å². The van der Waals surface area contributed by atoms with Crippen LogP contribution in [0.4, 0.5) is 5.82 Å².